The molecule has 3 heteroatoms. The van der Waals surface area contributed by atoms with Crippen LogP contribution in [0.5, 0.6) is 0 Å². The molecule has 1 aliphatic carbocycles. The lowest BCUT2D eigenvalue weighted by Gasteiger charge is -2.10. The molecule has 2 nitrogen and oxygen atoms in total. The molecule has 0 heterocycles. The van der Waals surface area contributed by atoms with Gasteiger partial charge in [0.15, 0.2) is 0 Å². The second kappa shape index (κ2) is 3.67. The summed E-state index contributed by atoms with van der Waals surface area (Å²) in [6.07, 6.45) is 0.121. The van der Waals surface area contributed by atoms with Gasteiger partial charge in [0.05, 0.1) is 6.10 Å². The zero-order valence-corrected chi connectivity index (χ0v) is 8.13. The Morgan fingerprint density at radius 1 is 1.57 bits per heavy atom. The number of aliphatic hydroxyl groups is 1. The van der Waals surface area contributed by atoms with Crippen molar-refractivity contribution in [2.24, 2.45) is 0 Å². The summed E-state index contributed by atoms with van der Waals surface area (Å²) in [4.78, 5) is 0. The summed E-state index contributed by atoms with van der Waals surface area (Å²) in [6, 6.07) is 4.91. The molecule has 0 aromatic heterocycles. The third-order valence-electron chi connectivity index (χ3n) is 2.81. The molecule has 0 bridgehead atoms. The number of halogens is 1. The van der Waals surface area contributed by atoms with Crippen molar-refractivity contribution in [3.05, 3.63) is 35.1 Å². The van der Waals surface area contributed by atoms with E-state index >= 15 is 0 Å². The molecule has 1 aromatic carbocycles. The Bertz CT molecular complexity index is 340. The normalized spacial score (nSPS) is 25.1. The van der Waals surface area contributed by atoms with E-state index in [1.54, 1.807) is 12.1 Å². The van der Waals surface area contributed by atoms with Crippen LogP contribution >= 0.6 is 0 Å². The fourth-order valence-electron chi connectivity index (χ4n) is 2.22. The Hall–Kier alpha value is -0.930. The highest BCUT2D eigenvalue weighted by atomic mass is 19.1. The third-order valence-corrected chi connectivity index (χ3v) is 2.81. The van der Waals surface area contributed by atoms with Crippen molar-refractivity contribution in [1.82, 2.24) is 5.32 Å². The molecule has 1 aliphatic rings. The van der Waals surface area contributed by atoms with Gasteiger partial charge in [-0.05, 0) is 30.7 Å². The smallest absolute Gasteiger partial charge is 0.127 e. The van der Waals surface area contributed by atoms with Gasteiger partial charge in [-0.3, -0.25) is 0 Å². The Morgan fingerprint density at radius 2 is 2.36 bits per heavy atom. The summed E-state index contributed by atoms with van der Waals surface area (Å²) in [5.74, 6) is -0.0921. The Labute approximate surface area is 82.8 Å². The van der Waals surface area contributed by atoms with Crippen molar-refractivity contribution < 1.29 is 9.50 Å². The van der Waals surface area contributed by atoms with Crippen molar-refractivity contribution in [2.45, 2.75) is 18.4 Å². The van der Waals surface area contributed by atoms with E-state index in [9.17, 15) is 9.50 Å². The van der Waals surface area contributed by atoms with Crippen LogP contribution in [0.15, 0.2) is 18.2 Å². The highest BCUT2D eigenvalue weighted by molar-refractivity contribution is 5.38. The first kappa shape index (κ1) is 9.62. The van der Waals surface area contributed by atoms with Gasteiger partial charge in [-0.1, -0.05) is 12.1 Å². The number of hydrogen-bond acceptors (Lipinski definition) is 2. The average Bonchev–Trinajstić information content (AvgIpc) is 2.46. The fraction of sp³-hybridized carbons (Fsp3) is 0.455. The van der Waals surface area contributed by atoms with Crippen molar-refractivity contribution >= 4 is 0 Å². The number of aliphatic hydroxyl groups excluding tert-OH is 1. The third kappa shape index (κ3) is 1.42. The quantitative estimate of drug-likeness (QED) is 0.750. The van der Waals surface area contributed by atoms with Gasteiger partial charge in [-0.15, -0.1) is 0 Å². The van der Waals surface area contributed by atoms with E-state index in [0.29, 0.717) is 18.5 Å². The standard InChI is InChI=1S/C11H14FNO/c1-13-6-7-5-10(14)8-3-2-4-9(12)11(7)8/h2-4,7,10,13-14H,5-6H2,1H3. The summed E-state index contributed by atoms with van der Waals surface area (Å²) in [5, 5.41) is 12.7. The first-order valence-corrected chi connectivity index (χ1v) is 4.85. The molecule has 0 fully saturated rings. The van der Waals surface area contributed by atoms with Crippen LogP contribution in [-0.2, 0) is 0 Å². The molecule has 0 amide bonds. The zero-order valence-electron chi connectivity index (χ0n) is 8.13. The van der Waals surface area contributed by atoms with Crippen LogP contribution in [0.1, 0.15) is 29.6 Å². The second-order valence-electron chi connectivity index (χ2n) is 3.75. The van der Waals surface area contributed by atoms with Gasteiger partial charge in [-0.2, -0.15) is 0 Å². The van der Waals surface area contributed by atoms with E-state index < -0.39 is 6.10 Å². The molecule has 2 unspecified atom stereocenters. The molecule has 76 valence electrons. The number of hydrogen-bond donors (Lipinski definition) is 2. The average molecular weight is 195 g/mol. The Balaban J connectivity index is 2.40. The molecular formula is C11H14FNO. The van der Waals surface area contributed by atoms with Gasteiger partial charge in [0, 0.05) is 12.5 Å². The molecule has 0 saturated heterocycles. The largest absolute Gasteiger partial charge is 0.388 e. The Morgan fingerprint density at radius 3 is 3.07 bits per heavy atom. The van der Waals surface area contributed by atoms with Gasteiger partial charge in [-0.25, -0.2) is 4.39 Å². The molecule has 2 atom stereocenters. The number of fused-ring (bicyclic) bond motifs is 1. The summed E-state index contributed by atoms with van der Waals surface area (Å²) >= 11 is 0. The molecule has 2 N–H and O–H groups in total. The minimum Gasteiger partial charge on any atom is -0.388 e. The lowest BCUT2D eigenvalue weighted by Crippen LogP contribution is -2.16. The van der Waals surface area contributed by atoms with E-state index in [4.69, 9.17) is 0 Å². The van der Waals surface area contributed by atoms with Crippen LogP contribution in [0.4, 0.5) is 4.39 Å². The van der Waals surface area contributed by atoms with E-state index in [1.165, 1.54) is 6.07 Å². The second-order valence-corrected chi connectivity index (χ2v) is 3.75. The van der Waals surface area contributed by atoms with Crippen LogP contribution in [0.25, 0.3) is 0 Å². The lowest BCUT2D eigenvalue weighted by atomic mass is 10.0. The number of likely N-dealkylation sites (N-methyl/N-ethyl adjacent to an activating group) is 1. The molecule has 0 radical (unpaired) electrons. The molecule has 2 rings (SSSR count). The molecule has 0 aliphatic heterocycles. The van der Waals surface area contributed by atoms with Gasteiger partial charge in [0.2, 0.25) is 0 Å². The summed E-state index contributed by atoms with van der Waals surface area (Å²) in [7, 11) is 1.84. The zero-order chi connectivity index (χ0) is 10.1. The highest BCUT2D eigenvalue weighted by Gasteiger charge is 2.31. The predicted molar refractivity (Wildman–Crippen MR) is 52.6 cm³/mol. The monoisotopic (exact) mass is 195 g/mol. The lowest BCUT2D eigenvalue weighted by molar-refractivity contribution is 0.173. The summed E-state index contributed by atoms with van der Waals surface area (Å²) in [5.41, 5.74) is 1.44. The Kier molecular flexibility index (Phi) is 2.52. The maximum atomic E-state index is 13.5. The fourth-order valence-corrected chi connectivity index (χ4v) is 2.22. The van der Waals surface area contributed by atoms with Crippen molar-refractivity contribution in [3.8, 4) is 0 Å². The summed E-state index contributed by atoms with van der Waals surface area (Å²) in [6.45, 7) is 0.713. The minimum absolute atomic E-state index is 0.103. The van der Waals surface area contributed by atoms with Gasteiger partial charge >= 0.3 is 0 Å². The van der Waals surface area contributed by atoms with Crippen LogP contribution in [0.2, 0.25) is 0 Å². The maximum absolute atomic E-state index is 13.5. The molecule has 1 aromatic rings. The van der Waals surface area contributed by atoms with E-state index in [-0.39, 0.29) is 11.7 Å². The van der Waals surface area contributed by atoms with Crippen LogP contribution in [0, 0.1) is 5.82 Å². The van der Waals surface area contributed by atoms with E-state index in [2.05, 4.69) is 5.32 Å². The molecular weight excluding hydrogens is 181 g/mol. The van der Waals surface area contributed by atoms with Gasteiger partial charge < -0.3 is 10.4 Å². The topological polar surface area (TPSA) is 32.3 Å². The first-order chi connectivity index (χ1) is 6.74. The van der Waals surface area contributed by atoms with Crippen LogP contribution in [-0.4, -0.2) is 18.7 Å². The number of benzene rings is 1. The molecule has 0 spiro atoms. The van der Waals surface area contributed by atoms with Crippen molar-refractivity contribution in [2.75, 3.05) is 13.6 Å². The van der Waals surface area contributed by atoms with E-state index in [1.807, 2.05) is 7.05 Å². The van der Waals surface area contributed by atoms with Crippen molar-refractivity contribution in [3.63, 3.8) is 0 Å². The summed E-state index contributed by atoms with van der Waals surface area (Å²) < 4.78 is 13.5. The first-order valence-electron chi connectivity index (χ1n) is 4.85. The highest BCUT2D eigenvalue weighted by Crippen LogP contribution is 2.40. The van der Waals surface area contributed by atoms with E-state index in [0.717, 1.165) is 5.56 Å². The predicted octanol–water partition coefficient (Wildman–Crippen LogP) is 1.57. The van der Waals surface area contributed by atoms with Gasteiger partial charge in [0.25, 0.3) is 0 Å². The van der Waals surface area contributed by atoms with Crippen LogP contribution < -0.4 is 5.32 Å². The maximum Gasteiger partial charge on any atom is 0.127 e. The molecule has 14 heavy (non-hydrogen) atoms. The number of nitrogens with one attached hydrogen (secondary N) is 1. The van der Waals surface area contributed by atoms with Gasteiger partial charge in [0.1, 0.15) is 5.82 Å². The van der Waals surface area contributed by atoms with Crippen LogP contribution in [0.3, 0.4) is 0 Å². The molecule has 0 saturated carbocycles. The van der Waals surface area contributed by atoms with Crippen molar-refractivity contribution in [1.29, 1.82) is 0 Å². The minimum atomic E-state index is -0.501. The number of rotatable bonds is 2. The SMILES string of the molecule is CNCC1CC(O)c2cccc(F)c21.